The summed E-state index contributed by atoms with van der Waals surface area (Å²) in [4.78, 5) is 32.4. The topological polar surface area (TPSA) is 89.5 Å². The summed E-state index contributed by atoms with van der Waals surface area (Å²) in [6, 6.07) is 5.19. The molecule has 0 bridgehead atoms. The van der Waals surface area contributed by atoms with Crippen LogP contribution in [0.15, 0.2) is 58.2 Å². The number of methoxy groups -OCH3 is 2. The van der Waals surface area contributed by atoms with Crippen molar-refractivity contribution in [1.82, 2.24) is 10.2 Å². The molecule has 0 saturated heterocycles. The highest BCUT2D eigenvalue weighted by Gasteiger charge is 2.43. The van der Waals surface area contributed by atoms with Crippen LogP contribution in [0.25, 0.3) is 0 Å². The van der Waals surface area contributed by atoms with Crippen molar-refractivity contribution >= 4 is 28.8 Å². The molecule has 4 rings (SSSR count). The Hall–Kier alpha value is -3.20. The lowest BCUT2D eigenvalue weighted by Gasteiger charge is -2.37. The van der Waals surface area contributed by atoms with Gasteiger partial charge in [-0.2, -0.15) is 0 Å². The minimum atomic E-state index is -0.602. The number of fused-ring (bicyclic) bond motifs is 1. The summed E-state index contributed by atoms with van der Waals surface area (Å²) < 4.78 is 16.6. The highest BCUT2D eigenvalue weighted by Crippen LogP contribution is 2.48. The Labute approximate surface area is 197 Å². The molecule has 1 aliphatic carbocycles. The van der Waals surface area contributed by atoms with Crippen LogP contribution in [0.3, 0.4) is 0 Å². The second kappa shape index (κ2) is 9.74. The average Bonchev–Trinajstić information content (AvgIpc) is 3.54. The number of nitrogens with one attached hydrogen (secondary N) is 1. The average molecular weight is 470 g/mol. The number of hydrogen-bond acceptors (Lipinski definition) is 8. The maximum absolute atomic E-state index is 13.2. The molecule has 1 atom stereocenters. The lowest BCUT2D eigenvalue weighted by molar-refractivity contribution is -0.138. The van der Waals surface area contributed by atoms with Crippen molar-refractivity contribution in [3.8, 4) is 11.5 Å². The first-order chi connectivity index (χ1) is 16.0. The third-order valence-corrected chi connectivity index (χ3v) is 6.45. The summed E-state index contributed by atoms with van der Waals surface area (Å²) in [5.41, 5.74) is 2.40. The number of esters is 1. The summed E-state index contributed by atoms with van der Waals surface area (Å²) in [5, 5.41) is 5.63. The molecule has 0 spiro atoms. The molecule has 1 saturated carbocycles. The predicted octanol–water partition coefficient (Wildman–Crippen LogP) is 3.68. The zero-order chi connectivity index (χ0) is 23.5. The molecule has 9 heteroatoms. The first-order valence-corrected chi connectivity index (χ1v) is 11.6. The van der Waals surface area contributed by atoms with Crippen molar-refractivity contribution in [1.29, 1.82) is 0 Å². The van der Waals surface area contributed by atoms with Crippen LogP contribution >= 0.6 is 11.8 Å². The van der Waals surface area contributed by atoms with Crippen LogP contribution in [0.5, 0.6) is 11.5 Å². The van der Waals surface area contributed by atoms with Crippen LogP contribution < -0.4 is 14.8 Å². The molecular weight excluding hydrogens is 442 g/mol. The van der Waals surface area contributed by atoms with Crippen molar-refractivity contribution < 1.29 is 23.8 Å². The number of hydrogen-bond donors (Lipinski definition) is 1. The fourth-order valence-corrected chi connectivity index (χ4v) is 4.90. The van der Waals surface area contributed by atoms with Gasteiger partial charge in [0.2, 0.25) is 5.91 Å². The number of para-hydroxylation sites is 1. The van der Waals surface area contributed by atoms with Gasteiger partial charge in [0, 0.05) is 17.3 Å². The van der Waals surface area contributed by atoms with Crippen molar-refractivity contribution in [2.24, 2.45) is 4.99 Å². The number of amidine groups is 1. The third-order valence-electron chi connectivity index (χ3n) is 5.56. The van der Waals surface area contributed by atoms with E-state index in [0.29, 0.717) is 33.5 Å². The number of ether oxygens (including phenoxy) is 3. The molecule has 1 aromatic carbocycles. The smallest absolute Gasteiger partial charge is 0.338 e. The number of allylic oxidation sites excluding steroid dienone is 1. The molecule has 3 aliphatic rings. The molecule has 1 amide bonds. The Morgan fingerprint density at radius 1 is 1.30 bits per heavy atom. The van der Waals surface area contributed by atoms with E-state index in [1.807, 2.05) is 22.4 Å². The summed E-state index contributed by atoms with van der Waals surface area (Å²) in [6.07, 6.45) is 3.73. The zero-order valence-corrected chi connectivity index (χ0v) is 19.7. The number of carbonyl (C=O) groups excluding carboxylic acids is 2. The van der Waals surface area contributed by atoms with E-state index in [0.717, 1.165) is 18.5 Å². The largest absolute Gasteiger partial charge is 0.493 e. The van der Waals surface area contributed by atoms with Gasteiger partial charge in [0.05, 0.1) is 38.0 Å². The monoisotopic (exact) mass is 469 g/mol. The van der Waals surface area contributed by atoms with Gasteiger partial charge >= 0.3 is 5.97 Å². The third kappa shape index (κ3) is 4.64. The van der Waals surface area contributed by atoms with Crippen molar-refractivity contribution in [2.75, 3.05) is 20.8 Å². The molecule has 2 heterocycles. The minimum absolute atomic E-state index is 0.0518. The fraction of sp³-hybridized carbons (Fsp3) is 0.375. The second-order valence-electron chi connectivity index (χ2n) is 7.88. The molecule has 0 unspecified atom stereocenters. The standard InChI is InChI=1S/C24H27N3O5S/c1-5-11-32-23(29)20-14(2)25-24-27(16(13-33-24)12-19(28)26-15-9-10-15)21(20)17-7-6-8-18(30-3)22(17)31-4/h5-8,13,15,21H,1,9-12H2,2-4H3,(H,26,28)/t21-/m1/s1. The highest BCUT2D eigenvalue weighted by molar-refractivity contribution is 8.16. The number of thioether (sulfide) groups is 1. The zero-order valence-electron chi connectivity index (χ0n) is 18.9. The van der Waals surface area contributed by atoms with E-state index in [2.05, 4.69) is 16.9 Å². The summed E-state index contributed by atoms with van der Waals surface area (Å²) in [7, 11) is 3.12. The molecule has 1 N–H and O–H groups in total. The van der Waals surface area contributed by atoms with Gasteiger partial charge in [-0.3, -0.25) is 4.79 Å². The predicted molar refractivity (Wildman–Crippen MR) is 127 cm³/mol. The van der Waals surface area contributed by atoms with Crippen molar-refractivity contribution in [3.63, 3.8) is 0 Å². The molecule has 2 aliphatic heterocycles. The van der Waals surface area contributed by atoms with E-state index >= 15 is 0 Å². The number of aliphatic imine (C=N–C) groups is 1. The first kappa shape index (κ1) is 23.0. The van der Waals surface area contributed by atoms with Crippen LogP contribution in [0, 0.1) is 0 Å². The van der Waals surface area contributed by atoms with Gasteiger partial charge in [-0.1, -0.05) is 36.5 Å². The van der Waals surface area contributed by atoms with Crippen LogP contribution in [0.2, 0.25) is 0 Å². The molecule has 0 aromatic heterocycles. The van der Waals surface area contributed by atoms with E-state index in [4.69, 9.17) is 14.2 Å². The highest BCUT2D eigenvalue weighted by atomic mass is 32.2. The van der Waals surface area contributed by atoms with E-state index in [9.17, 15) is 9.59 Å². The first-order valence-electron chi connectivity index (χ1n) is 10.7. The Morgan fingerprint density at radius 3 is 2.76 bits per heavy atom. The molecule has 1 aromatic rings. The van der Waals surface area contributed by atoms with Crippen molar-refractivity contribution in [3.05, 3.63) is 58.8 Å². The minimum Gasteiger partial charge on any atom is -0.493 e. The van der Waals surface area contributed by atoms with E-state index in [1.54, 1.807) is 27.2 Å². The van der Waals surface area contributed by atoms with E-state index < -0.39 is 12.0 Å². The van der Waals surface area contributed by atoms with E-state index in [1.165, 1.54) is 17.8 Å². The lowest BCUT2D eigenvalue weighted by Crippen LogP contribution is -2.38. The lowest BCUT2D eigenvalue weighted by atomic mass is 9.92. The Balaban J connectivity index is 1.78. The molecule has 33 heavy (non-hydrogen) atoms. The van der Waals surface area contributed by atoms with Crippen LogP contribution in [0.4, 0.5) is 0 Å². The Morgan fingerprint density at radius 2 is 2.09 bits per heavy atom. The Kier molecular flexibility index (Phi) is 6.78. The van der Waals surface area contributed by atoms with Gasteiger partial charge in [-0.25, -0.2) is 9.79 Å². The maximum atomic E-state index is 13.2. The normalized spacial score (nSPS) is 19.4. The summed E-state index contributed by atoms with van der Waals surface area (Å²) >= 11 is 1.43. The van der Waals surface area contributed by atoms with Gasteiger partial charge < -0.3 is 24.4 Å². The summed E-state index contributed by atoms with van der Waals surface area (Å²) in [5.74, 6) is 0.499. The Bertz CT molecular complexity index is 1070. The molecule has 1 fully saturated rings. The number of carbonyl (C=O) groups is 2. The number of nitrogens with zero attached hydrogens (tertiary/aromatic N) is 2. The molecular formula is C24H27N3O5S. The van der Waals surface area contributed by atoms with Crippen LogP contribution in [-0.4, -0.2) is 48.8 Å². The van der Waals surface area contributed by atoms with Gasteiger partial charge in [0.25, 0.3) is 0 Å². The van der Waals surface area contributed by atoms with Crippen LogP contribution in [0.1, 0.15) is 37.8 Å². The van der Waals surface area contributed by atoms with Gasteiger partial charge in [-0.05, 0) is 31.2 Å². The quantitative estimate of drug-likeness (QED) is 0.436. The van der Waals surface area contributed by atoms with Crippen LogP contribution in [-0.2, 0) is 14.3 Å². The number of rotatable bonds is 9. The summed E-state index contributed by atoms with van der Waals surface area (Å²) in [6.45, 7) is 5.49. The molecule has 174 valence electrons. The molecule has 8 nitrogen and oxygen atoms in total. The van der Waals surface area contributed by atoms with Gasteiger partial charge in [0.15, 0.2) is 16.7 Å². The SMILES string of the molecule is C=CCOC(=O)C1=C(C)N=C2SC=C(CC(=O)NC3CC3)N2[C@@H]1c1cccc(OC)c1OC. The fourth-order valence-electron chi connectivity index (χ4n) is 3.94. The van der Waals surface area contributed by atoms with Gasteiger partial charge in [0.1, 0.15) is 6.61 Å². The van der Waals surface area contributed by atoms with Gasteiger partial charge in [-0.15, -0.1) is 0 Å². The number of amides is 1. The van der Waals surface area contributed by atoms with E-state index in [-0.39, 0.29) is 25.0 Å². The second-order valence-corrected chi connectivity index (χ2v) is 8.72. The maximum Gasteiger partial charge on any atom is 0.338 e. The molecule has 0 radical (unpaired) electrons. The number of benzene rings is 1. The van der Waals surface area contributed by atoms with Crippen molar-refractivity contribution in [2.45, 2.75) is 38.3 Å².